The number of amides is 2. The van der Waals surface area contributed by atoms with Gasteiger partial charge in [0.05, 0.1) is 51.9 Å². The van der Waals surface area contributed by atoms with Crippen LogP contribution in [-0.4, -0.2) is 51.0 Å². The Hall–Kier alpha value is -4.14. The number of fused-ring (bicyclic) bond motifs is 1. The van der Waals surface area contributed by atoms with Crippen molar-refractivity contribution in [1.29, 1.82) is 0 Å². The lowest BCUT2D eigenvalue weighted by Gasteiger charge is -2.21. The van der Waals surface area contributed by atoms with Crippen molar-refractivity contribution in [2.24, 2.45) is 0 Å². The average Bonchev–Trinajstić information content (AvgIpc) is 3.31. The lowest BCUT2D eigenvalue weighted by Crippen LogP contribution is -2.30. The van der Waals surface area contributed by atoms with E-state index in [4.69, 9.17) is 16.6 Å². The molecule has 1 aromatic heterocycles. The van der Waals surface area contributed by atoms with Gasteiger partial charge in [0.25, 0.3) is 11.8 Å². The number of hydrogen-bond acceptors (Lipinski definition) is 5. The standard InChI is InChI=1S/C29H24ClFN4O3/c1-17-24(15-34-28(37)20-7-4-5-8-21(20)29(34)38)35(25(32-17)16-33(2)3)23-10-6-9-22(30)26(23)27(36)18-11-13-19(31)14-12-18/h4-14H,15-16H2,1-3H3. The number of hydrogen-bond donors (Lipinski definition) is 0. The maximum absolute atomic E-state index is 13.7. The van der Waals surface area contributed by atoms with E-state index >= 15 is 0 Å². The van der Waals surface area contributed by atoms with Gasteiger partial charge in [0.2, 0.25) is 0 Å². The van der Waals surface area contributed by atoms with Crippen LogP contribution in [0.3, 0.4) is 0 Å². The second-order valence-corrected chi connectivity index (χ2v) is 9.75. The predicted octanol–water partition coefficient (Wildman–Crippen LogP) is 5.06. The third-order valence-corrected chi connectivity index (χ3v) is 6.77. The van der Waals surface area contributed by atoms with Crippen molar-refractivity contribution < 1.29 is 18.8 Å². The fourth-order valence-electron chi connectivity index (χ4n) is 4.69. The number of imidazole rings is 1. The molecule has 4 aromatic rings. The third-order valence-electron chi connectivity index (χ3n) is 6.45. The molecule has 5 rings (SSSR count). The van der Waals surface area contributed by atoms with E-state index < -0.39 is 5.82 Å². The molecule has 2 amide bonds. The monoisotopic (exact) mass is 530 g/mol. The van der Waals surface area contributed by atoms with Crippen molar-refractivity contribution in [3.05, 3.63) is 117 Å². The second-order valence-electron chi connectivity index (χ2n) is 9.35. The molecule has 38 heavy (non-hydrogen) atoms. The lowest BCUT2D eigenvalue weighted by atomic mass is 10.0. The molecule has 0 spiro atoms. The number of carbonyl (C=O) groups excluding carboxylic acids is 3. The molecule has 0 unspecified atom stereocenters. The first kappa shape index (κ1) is 25.5. The molecule has 0 bridgehead atoms. The van der Waals surface area contributed by atoms with Gasteiger partial charge < -0.3 is 4.90 Å². The van der Waals surface area contributed by atoms with Crippen molar-refractivity contribution in [3.63, 3.8) is 0 Å². The van der Waals surface area contributed by atoms with Crippen LogP contribution in [-0.2, 0) is 13.1 Å². The molecule has 0 atom stereocenters. The van der Waals surface area contributed by atoms with Crippen molar-refractivity contribution in [2.75, 3.05) is 14.1 Å². The highest BCUT2D eigenvalue weighted by Crippen LogP contribution is 2.32. The van der Waals surface area contributed by atoms with Gasteiger partial charge in [-0.15, -0.1) is 0 Å². The summed E-state index contributed by atoms with van der Waals surface area (Å²) in [4.78, 5) is 47.8. The largest absolute Gasteiger partial charge is 0.302 e. The summed E-state index contributed by atoms with van der Waals surface area (Å²) in [5, 5.41) is 0.214. The van der Waals surface area contributed by atoms with Gasteiger partial charge >= 0.3 is 0 Å². The molecular weight excluding hydrogens is 507 g/mol. The molecular formula is C29H24ClFN4O3. The second kappa shape index (κ2) is 9.96. The highest BCUT2D eigenvalue weighted by Gasteiger charge is 2.36. The van der Waals surface area contributed by atoms with Gasteiger partial charge in [0, 0.05) is 5.56 Å². The van der Waals surface area contributed by atoms with E-state index in [0.717, 1.165) is 0 Å². The van der Waals surface area contributed by atoms with Gasteiger partial charge in [-0.2, -0.15) is 0 Å². The van der Waals surface area contributed by atoms with Crippen LogP contribution >= 0.6 is 11.6 Å². The summed E-state index contributed by atoms with van der Waals surface area (Å²) in [5.74, 6) is -1.02. The molecule has 3 aromatic carbocycles. The summed E-state index contributed by atoms with van der Waals surface area (Å²) < 4.78 is 15.3. The lowest BCUT2D eigenvalue weighted by molar-refractivity contribution is 0.0639. The Kier molecular flexibility index (Phi) is 6.69. The summed E-state index contributed by atoms with van der Waals surface area (Å²) >= 11 is 6.59. The molecule has 7 nitrogen and oxygen atoms in total. The minimum atomic E-state index is -0.456. The van der Waals surface area contributed by atoms with Gasteiger partial charge in [-0.1, -0.05) is 29.8 Å². The Morgan fingerprint density at radius 2 is 1.58 bits per heavy atom. The number of benzene rings is 3. The molecule has 1 aliphatic heterocycles. The summed E-state index contributed by atoms with van der Waals surface area (Å²) in [5.41, 5.74) is 2.82. The fraction of sp³-hybridized carbons (Fsp3) is 0.172. The normalized spacial score (nSPS) is 12.9. The van der Waals surface area contributed by atoms with Crippen LogP contribution in [0.5, 0.6) is 0 Å². The molecule has 9 heteroatoms. The van der Waals surface area contributed by atoms with Crippen LogP contribution in [0.15, 0.2) is 66.7 Å². The molecule has 0 fully saturated rings. The van der Waals surface area contributed by atoms with Crippen LogP contribution in [0.4, 0.5) is 4.39 Å². The van der Waals surface area contributed by atoms with Gasteiger partial charge in [-0.25, -0.2) is 9.37 Å². The third kappa shape index (κ3) is 4.42. The van der Waals surface area contributed by atoms with E-state index in [1.165, 1.54) is 29.2 Å². The Bertz CT molecular complexity index is 1560. The Labute approximate surface area is 224 Å². The summed E-state index contributed by atoms with van der Waals surface area (Å²) in [6.45, 7) is 2.17. The van der Waals surface area contributed by atoms with Crippen LogP contribution in [0.1, 0.15) is 53.8 Å². The van der Waals surface area contributed by atoms with E-state index in [-0.39, 0.29) is 40.3 Å². The number of rotatable bonds is 7. The molecule has 192 valence electrons. The molecule has 0 radical (unpaired) electrons. The number of carbonyl (C=O) groups is 3. The van der Waals surface area contributed by atoms with Crippen LogP contribution in [0, 0.1) is 12.7 Å². The molecule has 0 aliphatic carbocycles. The van der Waals surface area contributed by atoms with Crippen molar-refractivity contribution in [1.82, 2.24) is 19.4 Å². The van der Waals surface area contributed by atoms with Crippen LogP contribution < -0.4 is 0 Å². The number of ketones is 1. The van der Waals surface area contributed by atoms with Gasteiger partial charge in [0.15, 0.2) is 5.78 Å². The number of aromatic nitrogens is 2. The van der Waals surface area contributed by atoms with E-state index in [0.29, 0.717) is 40.6 Å². The minimum Gasteiger partial charge on any atom is -0.302 e. The number of nitrogens with zero attached hydrogens (tertiary/aromatic N) is 4. The number of halogens is 2. The highest BCUT2D eigenvalue weighted by atomic mass is 35.5. The minimum absolute atomic E-state index is 0.0463. The SMILES string of the molecule is Cc1nc(CN(C)C)n(-c2cccc(Cl)c2C(=O)c2ccc(F)cc2)c1CN1C(=O)c2ccccc2C1=O. The molecule has 1 aliphatic rings. The molecule has 0 N–H and O–H groups in total. The first-order valence-electron chi connectivity index (χ1n) is 11.9. The van der Waals surface area contributed by atoms with Gasteiger partial charge in [-0.3, -0.25) is 23.9 Å². The zero-order chi connectivity index (χ0) is 27.1. The summed E-state index contributed by atoms with van der Waals surface area (Å²) in [6, 6.07) is 17.0. The zero-order valence-electron chi connectivity index (χ0n) is 21.0. The van der Waals surface area contributed by atoms with Crippen molar-refractivity contribution >= 4 is 29.2 Å². The zero-order valence-corrected chi connectivity index (χ0v) is 21.8. The Balaban J connectivity index is 1.66. The highest BCUT2D eigenvalue weighted by molar-refractivity contribution is 6.35. The summed E-state index contributed by atoms with van der Waals surface area (Å²) in [6.07, 6.45) is 0. The summed E-state index contributed by atoms with van der Waals surface area (Å²) in [7, 11) is 3.78. The first-order chi connectivity index (χ1) is 18.2. The Morgan fingerprint density at radius 3 is 2.18 bits per heavy atom. The predicted molar refractivity (Wildman–Crippen MR) is 141 cm³/mol. The topological polar surface area (TPSA) is 75.5 Å². The van der Waals surface area contributed by atoms with Gasteiger partial charge in [0.1, 0.15) is 11.6 Å². The van der Waals surface area contributed by atoms with Crippen molar-refractivity contribution in [2.45, 2.75) is 20.0 Å². The molecule has 0 saturated heterocycles. The van der Waals surface area contributed by atoms with E-state index in [2.05, 4.69) is 0 Å². The maximum Gasteiger partial charge on any atom is 0.261 e. The molecule has 2 heterocycles. The first-order valence-corrected chi connectivity index (χ1v) is 12.3. The van der Waals surface area contributed by atoms with Gasteiger partial charge in [-0.05, 0) is 69.6 Å². The Morgan fingerprint density at radius 1 is 0.947 bits per heavy atom. The average molecular weight is 531 g/mol. The smallest absolute Gasteiger partial charge is 0.261 e. The van der Waals surface area contributed by atoms with Crippen LogP contribution in [0.25, 0.3) is 5.69 Å². The van der Waals surface area contributed by atoms with E-state index in [1.54, 1.807) is 54.0 Å². The fourth-order valence-corrected chi connectivity index (χ4v) is 4.94. The van der Waals surface area contributed by atoms with E-state index in [9.17, 15) is 18.8 Å². The number of aryl methyl sites for hydroxylation is 1. The van der Waals surface area contributed by atoms with Crippen LogP contribution in [0.2, 0.25) is 5.02 Å². The maximum atomic E-state index is 13.7. The quantitative estimate of drug-likeness (QED) is 0.246. The van der Waals surface area contributed by atoms with Crippen molar-refractivity contribution in [3.8, 4) is 5.69 Å². The number of imide groups is 1. The molecule has 0 saturated carbocycles. The van der Waals surface area contributed by atoms with E-state index in [1.807, 2.05) is 19.0 Å².